The van der Waals surface area contributed by atoms with Gasteiger partial charge in [0, 0.05) is 18.9 Å². The number of amides is 1. The molecule has 0 aliphatic carbocycles. The number of nitrogens with one attached hydrogen (secondary N) is 1. The molecule has 0 aliphatic heterocycles. The molecular weight excluding hydrogens is 242 g/mol. The third-order valence-corrected chi connectivity index (χ3v) is 3.13. The summed E-state index contributed by atoms with van der Waals surface area (Å²) in [5, 5.41) is 2.93. The molecular formula is C15H29NO3. The molecule has 1 atom stereocenters. The van der Waals surface area contributed by atoms with Crippen molar-refractivity contribution >= 4 is 11.9 Å². The minimum Gasteiger partial charge on any atom is -0.466 e. The van der Waals surface area contributed by atoms with Crippen LogP contribution < -0.4 is 5.32 Å². The topological polar surface area (TPSA) is 55.4 Å². The Kier molecular flexibility index (Phi) is 11.3. The molecule has 19 heavy (non-hydrogen) atoms. The molecule has 112 valence electrons. The van der Waals surface area contributed by atoms with E-state index in [0.717, 1.165) is 45.1 Å². The van der Waals surface area contributed by atoms with Gasteiger partial charge in [0.05, 0.1) is 6.61 Å². The van der Waals surface area contributed by atoms with Gasteiger partial charge in [-0.25, -0.2) is 0 Å². The van der Waals surface area contributed by atoms with Crippen molar-refractivity contribution in [1.82, 2.24) is 5.32 Å². The van der Waals surface area contributed by atoms with Crippen molar-refractivity contribution in [2.24, 2.45) is 5.92 Å². The Hall–Kier alpha value is -1.06. The number of hydrogen-bond donors (Lipinski definition) is 1. The number of carbonyl (C=O) groups excluding carboxylic acids is 2. The molecule has 1 N–H and O–H groups in total. The maximum Gasteiger partial charge on any atom is 0.305 e. The minimum absolute atomic E-state index is 0.0908. The average Bonchev–Trinajstić information content (AvgIpc) is 2.42. The molecule has 0 saturated heterocycles. The molecule has 0 saturated carbocycles. The van der Waals surface area contributed by atoms with Crippen LogP contribution in [0.5, 0.6) is 0 Å². The first-order valence-corrected chi connectivity index (χ1v) is 7.55. The van der Waals surface area contributed by atoms with Crippen LogP contribution in [0.4, 0.5) is 0 Å². The predicted octanol–water partition coefficient (Wildman–Crippen LogP) is 3.05. The molecule has 1 unspecified atom stereocenters. The summed E-state index contributed by atoms with van der Waals surface area (Å²) < 4.78 is 4.99. The Bertz CT molecular complexity index is 254. The van der Waals surface area contributed by atoms with E-state index < -0.39 is 0 Å². The number of carbonyl (C=O) groups is 2. The smallest absolute Gasteiger partial charge is 0.305 e. The molecule has 0 rings (SSSR count). The van der Waals surface area contributed by atoms with Crippen LogP contribution in [0, 0.1) is 5.92 Å². The highest BCUT2D eigenvalue weighted by Gasteiger charge is 2.08. The van der Waals surface area contributed by atoms with Gasteiger partial charge in [-0.1, -0.05) is 33.6 Å². The van der Waals surface area contributed by atoms with Crippen molar-refractivity contribution in [3.8, 4) is 0 Å². The van der Waals surface area contributed by atoms with Crippen LogP contribution in [0.3, 0.4) is 0 Å². The van der Waals surface area contributed by atoms with Gasteiger partial charge < -0.3 is 10.1 Å². The second kappa shape index (κ2) is 12.0. The largest absolute Gasteiger partial charge is 0.466 e. The van der Waals surface area contributed by atoms with Crippen molar-refractivity contribution in [3.05, 3.63) is 0 Å². The van der Waals surface area contributed by atoms with E-state index in [-0.39, 0.29) is 17.8 Å². The molecule has 0 radical (unpaired) electrons. The maximum absolute atomic E-state index is 11.5. The molecule has 4 nitrogen and oxygen atoms in total. The molecule has 0 aliphatic rings. The fourth-order valence-corrected chi connectivity index (χ4v) is 1.61. The van der Waals surface area contributed by atoms with Crippen LogP contribution in [0.2, 0.25) is 0 Å². The highest BCUT2D eigenvalue weighted by atomic mass is 16.5. The van der Waals surface area contributed by atoms with E-state index in [1.807, 2.05) is 20.8 Å². The van der Waals surface area contributed by atoms with E-state index >= 15 is 0 Å². The van der Waals surface area contributed by atoms with Crippen LogP contribution in [-0.2, 0) is 14.3 Å². The highest BCUT2D eigenvalue weighted by molar-refractivity contribution is 5.78. The summed E-state index contributed by atoms with van der Waals surface area (Å²) in [6.45, 7) is 7.21. The zero-order valence-corrected chi connectivity index (χ0v) is 12.7. The van der Waals surface area contributed by atoms with E-state index in [2.05, 4.69) is 5.32 Å². The standard InChI is InChI=1S/C15H29NO3/c1-4-12-19-14(17)10-8-6-7-9-11-16-15(18)13(3)5-2/h13H,4-12H2,1-3H3,(H,16,18). The van der Waals surface area contributed by atoms with Gasteiger partial charge in [0.15, 0.2) is 0 Å². The number of ether oxygens (including phenoxy) is 1. The Labute approximate surface area is 117 Å². The minimum atomic E-state index is -0.0908. The normalized spacial score (nSPS) is 11.9. The monoisotopic (exact) mass is 271 g/mol. The van der Waals surface area contributed by atoms with Crippen LogP contribution in [0.15, 0.2) is 0 Å². The highest BCUT2D eigenvalue weighted by Crippen LogP contribution is 2.04. The van der Waals surface area contributed by atoms with Gasteiger partial charge in [-0.2, -0.15) is 0 Å². The van der Waals surface area contributed by atoms with Crippen LogP contribution in [-0.4, -0.2) is 25.0 Å². The fourth-order valence-electron chi connectivity index (χ4n) is 1.61. The van der Waals surface area contributed by atoms with Crippen LogP contribution in [0.1, 0.15) is 65.7 Å². The third kappa shape index (κ3) is 10.5. The van der Waals surface area contributed by atoms with E-state index in [0.29, 0.717) is 13.0 Å². The number of esters is 1. The van der Waals surface area contributed by atoms with E-state index in [4.69, 9.17) is 4.74 Å². The Morgan fingerprint density at radius 2 is 1.79 bits per heavy atom. The average molecular weight is 271 g/mol. The molecule has 0 aromatic carbocycles. The summed E-state index contributed by atoms with van der Waals surface area (Å²) >= 11 is 0. The first-order valence-electron chi connectivity index (χ1n) is 7.55. The van der Waals surface area contributed by atoms with E-state index in [9.17, 15) is 9.59 Å². The van der Waals surface area contributed by atoms with Gasteiger partial charge in [-0.15, -0.1) is 0 Å². The van der Waals surface area contributed by atoms with Crippen molar-refractivity contribution < 1.29 is 14.3 Å². The molecule has 0 fully saturated rings. The number of hydrogen-bond acceptors (Lipinski definition) is 3. The summed E-state index contributed by atoms with van der Waals surface area (Å²) in [5.74, 6) is 0.158. The van der Waals surface area contributed by atoms with Crippen LogP contribution >= 0.6 is 0 Å². The van der Waals surface area contributed by atoms with Gasteiger partial charge in [0.2, 0.25) is 5.91 Å². The molecule has 1 amide bonds. The zero-order valence-electron chi connectivity index (χ0n) is 12.7. The van der Waals surface area contributed by atoms with E-state index in [1.54, 1.807) is 0 Å². The quantitative estimate of drug-likeness (QED) is 0.464. The Morgan fingerprint density at radius 3 is 2.42 bits per heavy atom. The molecule has 0 spiro atoms. The molecule has 0 aromatic heterocycles. The summed E-state index contributed by atoms with van der Waals surface area (Å²) in [7, 11) is 0. The lowest BCUT2D eigenvalue weighted by molar-refractivity contribution is -0.143. The van der Waals surface area contributed by atoms with Gasteiger partial charge >= 0.3 is 5.97 Å². The van der Waals surface area contributed by atoms with Crippen molar-refractivity contribution in [3.63, 3.8) is 0 Å². The lowest BCUT2D eigenvalue weighted by Gasteiger charge is -2.09. The van der Waals surface area contributed by atoms with Crippen molar-refractivity contribution in [1.29, 1.82) is 0 Å². The number of unbranched alkanes of at least 4 members (excludes halogenated alkanes) is 3. The molecule has 4 heteroatoms. The third-order valence-electron chi connectivity index (χ3n) is 3.13. The summed E-state index contributed by atoms with van der Waals surface area (Å²) in [5.41, 5.74) is 0. The fraction of sp³-hybridized carbons (Fsp3) is 0.867. The van der Waals surface area contributed by atoms with E-state index in [1.165, 1.54) is 0 Å². The van der Waals surface area contributed by atoms with Crippen molar-refractivity contribution in [2.75, 3.05) is 13.2 Å². The van der Waals surface area contributed by atoms with Gasteiger partial charge in [-0.05, 0) is 25.7 Å². The summed E-state index contributed by atoms with van der Waals surface area (Å²) in [6.07, 6.45) is 6.18. The van der Waals surface area contributed by atoms with Crippen molar-refractivity contribution in [2.45, 2.75) is 65.7 Å². The molecule has 0 heterocycles. The van der Waals surface area contributed by atoms with Gasteiger partial charge in [-0.3, -0.25) is 9.59 Å². The molecule has 0 bridgehead atoms. The second-order valence-electron chi connectivity index (χ2n) is 4.99. The lowest BCUT2D eigenvalue weighted by atomic mass is 10.1. The van der Waals surface area contributed by atoms with Gasteiger partial charge in [0.1, 0.15) is 0 Å². The Balaban J connectivity index is 3.32. The maximum atomic E-state index is 11.5. The second-order valence-corrected chi connectivity index (χ2v) is 4.99. The summed E-state index contributed by atoms with van der Waals surface area (Å²) in [4.78, 5) is 22.7. The Morgan fingerprint density at radius 1 is 1.11 bits per heavy atom. The van der Waals surface area contributed by atoms with Gasteiger partial charge in [0.25, 0.3) is 0 Å². The first kappa shape index (κ1) is 17.9. The first-order chi connectivity index (χ1) is 9.11. The number of rotatable bonds is 11. The van der Waals surface area contributed by atoms with Crippen LogP contribution in [0.25, 0.3) is 0 Å². The molecule has 0 aromatic rings. The summed E-state index contributed by atoms with van der Waals surface area (Å²) in [6, 6.07) is 0. The zero-order chi connectivity index (χ0) is 14.5. The predicted molar refractivity (Wildman–Crippen MR) is 76.8 cm³/mol. The SMILES string of the molecule is CCCOC(=O)CCCCCCNC(=O)C(C)CC. The lowest BCUT2D eigenvalue weighted by Crippen LogP contribution is -2.29.